The molecule has 0 aliphatic carbocycles. The number of hydrogen-bond acceptors (Lipinski definition) is 3. The molecule has 0 bridgehead atoms. The smallest absolute Gasteiger partial charge is 0.253 e. The quantitative estimate of drug-likeness (QED) is 0.790. The summed E-state index contributed by atoms with van der Waals surface area (Å²) in [5, 5.41) is 3.53. The molecule has 2 amide bonds. The van der Waals surface area contributed by atoms with E-state index in [9.17, 15) is 9.59 Å². The molecule has 25 heavy (non-hydrogen) atoms. The fourth-order valence-corrected chi connectivity index (χ4v) is 3.77. The summed E-state index contributed by atoms with van der Waals surface area (Å²) in [5.41, 5.74) is 1.15. The van der Waals surface area contributed by atoms with Crippen LogP contribution in [-0.2, 0) is 4.79 Å². The van der Waals surface area contributed by atoms with E-state index < -0.39 is 0 Å². The molecule has 1 N–H and O–H groups in total. The minimum Gasteiger partial charge on any atom is -0.352 e. The van der Waals surface area contributed by atoms with Gasteiger partial charge in [0.25, 0.3) is 5.91 Å². The number of carbonyl (C=O) groups is 2. The molecular weight excluding hydrogens is 338 g/mol. The number of halogens is 1. The third-order valence-electron chi connectivity index (χ3n) is 4.95. The Kier molecular flexibility index (Phi) is 6.32. The van der Waals surface area contributed by atoms with E-state index in [1.807, 2.05) is 0 Å². The van der Waals surface area contributed by atoms with Crippen LogP contribution in [0.4, 0.5) is 5.69 Å². The highest BCUT2D eigenvalue weighted by Gasteiger charge is 2.26. The van der Waals surface area contributed by atoms with Crippen LogP contribution in [0.5, 0.6) is 0 Å². The molecule has 2 fully saturated rings. The molecular formula is C19H26ClN3O2. The van der Waals surface area contributed by atoms with Gasteiger partial charge in [-0.15, -0.1) is 0 Å². The van der Waals surface area contributed by atoms with Gasteiger partial charge in [0.1, 0.15) is 0 Å². The predicted octanol–water partition coefficient (Wildman–Crippen LogP) is 3.07. The SMILES string of the molecule is O=C(NCCCN1CCCCC1)c1ccc(Cl)cc1N1CCCC1=O. The van der Waals surface area contributed by atoms with Gasteiger partial charge in [-0.05, 0) is 63.5 Å². The number of rotatable bonds is 6. The van der Waals surface area contributed by atoms with Crippen LogP contribution < -0.4 is 10.2 Å². The first kappa shape index (κ1) is 18.2. The number of nitrogens with zero attached hydrogens (tertiary/aromatic N) is 2. The second kappa shape index (κ2) is 8.68. The van der Waals surface area contributed by atoms with Crippen molar-refractivity contribution in [3.8, 4) is 0 Å². The number of carbonyl (C=O) groups excluding carboxylic acids is 2. The Morgan fingerprint density at radius 2 is 1.92 bits per heavy atom. The van der Waals surface area contributed by atoms with E-state index in [-0.39, 0.29) is 11.8 Å². The second-order valence-corrected chi connectivity index (χ2v) is 7.26. The summed E-state index contributed by atoms with van der Waals surface area (Å²) in [6.07, 6.45) is 6.19. The van der Waals surface area contributed by atoms with Crippen molar-refractivity contribution in [2.75, 3.05) is 37.6 Å². The van der Waals surface area contributed by atoms with Gasteiger partial charge >= 0.3 is 0 Å². The number of anilines is 1. The van der Waals surface area contributed by atoms with E-state index in [0.717, 1.165) is 19.4 Å². The first-order valence-electron chi connectivity index (χ1n) is 9.25. The minimum atomic E-state index is -0.134. The number of piperidine rings is 1. The predicted molar refractivity (Wildman–Crippen MR) is 100 cm³/mol. The number of benzene rings is 1. The first-order chi connectivity index (χ1) is 12.1. The zero-order chi connectivity index (χ0) is 17.6. The Labute approximate surface area is 154 Å². The molecule has 0 saturated carbocycles. The van der Waals surface area contributed by atoms with E-state index in [2.05, 4.69) is 10.2 Å². The van der Waals surface area contributed by atoms with E-state index >= 15 is 0 Å². The van der Waals surface area contributed by atoms with Crippen molar-refractivity contribution in [3.05, 3.63) is 28.8 Å². The summed E-state index contributed by atoms with van der Waals surface area (Å²) in [4.78, 5) is 28.8. The molecule has 6 heteroatoms. The minimum absolute atomic E-state index is 0.0569. The zero-order valence-electron chi connectivity index (χ0n) is 14.6. The Balaban J connectivity index is 1.57. The maximum atomic E-state index is 12.6. The van der Waals surface area contributed by atoms with Crippen LogP contribution in [0.15, 0.2) is 18.2 Å². The Hall–Kier alpha value is -1.59. The second-order valence-electron chi connectivity index (χ2n) is 6.82. The van der Waals surface area contributed by atoms with E-state index in [1.54, 1.807) is 23.1 Å². The maximum Gasteiger partial charge on any atom is 0.253 e. The highest BCUT2D eigenvalue weighted by Crippen LogP contribution is 2.28. The molecule has 2 saturated heterocycles. The molecule has 136 valence electrons. The van der Waals surface area contributed by atoms with Crippen LogP contribution in [0.1, 0.15) is 48.9 Å². The summed E-state index contributed by atoms with van der Waals surface area (Å²) >= 11 is 6.09. The maximum absolute atomic E-state index is 12.6. The summed E-state index contributed by atoms with van der Waals surface area (Å²) in [6, 6.07) is 5.13. The van der Waals surface area contributed by atoms with Crippen molar-refractivity contribution in [3.63, 3.8) is 0 Å². The van der Waals surface area contributed by atoms with Crippen LogP contribution in [0, 0.1) is 0 Å². The van der Waals surface area contributed by atoms with Gasteiger partial charge in [0.2, 0.25) is 5.91 Å². The summed E-state index contributed by atoms with van der Waals surface area (Å²) in [5.74, 6) is -0.0774. The Bertz CT molecular complexity index is 629. The molecule has 0 aromatic heterocycles. The van der Waals surface area contributed by atoms with Crippen LogP contribution in [-0.4, -0.2) is 49.4 Å². The van der Waals surface area contributed by atoms with Gasteiger partial charge in [-0.2, -0.15) is 0 Å². The van der Waals surface area contributed by atoms with Crippen molar-refractivity contribution in [1.82, 2.24) is 10.2 Å². The highest BCUT2D eigenvalue weighted by atomic mass is 35.5. The molecule has 5 nitrogen and oxygen atoms in total. The molecule has 3 rings (SSSR count). The van der Waals surface area contributed by atoms with Gasteiger partial charge in [-0.1, -0.05) is 18.0 Å². The number of nitrogens with one attached hydrogen (secondary N) is 1. The monoisotopic (exact) mass is 363 g/mol. The van der Waals surface area contributed by atoms with Crippen molar-refractivity contribution in [2.45, 2.75) is 38.5 Å². The third kappa shape index (κ3) is 4.73. The largest absolute Gasteiger partial charge is 0.352 e. The topological polar surface area (TPSA) is 52.7 Å². The lowest BCUT2D eigenvalue weighted by molar-refractivity contribution is -0.117. The molecule has 2 aliphatic rings. The van der Waals surface area contributed by atoms with Crippen LogP contribution >= 0.6 is 11.6 Å². The van der Waals surface area contributed by atoms with Crippen molar-refractivity contribution in [2.24, 2.45) is 0 Å². The van der Waals surface area contributed by atoms with Gasteiger partial charge in [0, 0.05) is 24.5 Å². The number of amides is 2. The fourth-order valence-electron chi connectivity index (χ4n) is 3.61. The van der Waals surface area contributed by atoms with Crippen molar-refractivity contribution < 1.29 is 9.59 Å². The van der Waals surface area contributed by atoms with E-state index in [0.29, 0.717) is 35.8 Å². The molecule has 0 unspecified atom stereocenters. The van der Waals surface area contributed by atoms with Crippen molar-refractivity contribution >= 4 is 29.1 Å². The average molecular weight is 364 g/mol. The van der Waals surface area contributed by atoms with Gasteiger partial charge in [0.05, 0.1) is 11.3 Å². The van der Waals surface area contributed by atoms with Gasteiger partial charge < -0.3 is 15.1 Å². The molecule has 0 radical (unpaired) electrons. The fraction of sp³-hybridized carbons (Fsp3) is 0.579. The van der Waals surface area contributed by atoms with Crippen molar-refractivity contribution in [1.29, 1.82) is 0 Å². The summed E-state index contributed by atoms with van der Waals surface area (Å²) < 4.78 is 0. The van der Waals surface area contributed by atoms with Gasteiger partial charge in [0.15, 0.2) is 0 Å². The molecule has 2 aliphatic heterocycles. The Morgan fingerprint density at radius 1 is 1.12 bits per heavy atom. The van der Waals surface area contributed by atoms with Crippen LogP contribution in [0.25, 0.3) is 0 Å². The van der Waals surface area contributed by atoms with Gasteiger partial charge in [-0.3, -0.25) is 9.59 Å². The summed E-state index contributed by atoms with van der Waals surface area (Å²) in [6.45, 7) is 4.66. The molecule has 1 aromatic rings. The van der Waals surface area contributed by atoms with E-state index in [1.165, 1.54) is 32.4 Å². The Morgan fingerprint density at radius 3 is 2.64 bits per heavy atom. The summed E-state index contributed by atoms with van der Waals surface area (Å²) in [7, 11) is 0. The third-order valence-corrected chi connectivity index (χ3v) is 5.19. The van der Waals surface area contributed by atoms with Crippen LogP contribution in [0.2, 0.25) is 5.02 Å². The molecule has 0 atom stereocenters. The lowest BCUT2D eigenvalue weighted by Gasteiger charge is -2.26. The van der Waals surface area contributed by atoms with E-state index in [4.69, 9.17) is 11.6 Å². The number of hydrogen-bond donors (Lipinski definition) is 1. The highest BCUT2D eigenvalue weighted by molar-refractivity contribution is 6.31. The molecule has 1 aromatic carbocycles. The first-order valence-corrected chi connectivity index (χ1v) is 9.63. The van der Waals surface area contributed by atoms with Crippen LogP contribution in [0.3, 0.4) is 0 Å². The average Bonchev–Trinajstić information content (AvgIpc) is 3.05. The molecule has 0 spiro atoms. The molecule has 2 heterocycles. The standard InChI is InChI=1S/C19H26ClN3O2/c20-15-7-8-16(17(14-15)23-13-4-6-18(23)24)19(25)21-9-5-12-22-10-2-1-3-11-22/h7-8,14H,1-6,9-13H2,(H,21,25). The van der Waals surface area contributed by atoms with Gasteiger partial charge in [-0.25, -0.2) is 0 Å². The lowest BCUT2D eigenvalue weighted by Crippen LogP contribution is -2.34. The zero-order valence-corrected chi connectivity index (χ0v) is 15.4. The normalized spacial score (nSPS) is 18.6. The lowest BCUT2D eigenvalue weighted by atomic mass is 10.1. The number of likely N-dealkylation sites (tertiary alicyclic amines) is 1.